The molecule has 1 saturated heterocycles. The van der Waals surface area contributed by atoms with Crippen LogP contribution in [-0.4, -0.2) is 46.1 Å². The first-order valence-corrected chi connectivity index (χ1v) is 13.3. The van der Waals surface area contributed by atoms with Gasteiger partial charge in [-0.2, -0.15) is 0 Å². The fourth-order valence-corrected chi connectivity index (χ4v) is 5.78. The maximum absolute atomic E-state index is 14.4. The Hall–Kier alpha value is -3.15. The number of carbonyl (C=O) groups is 2. The summed E-state index contributed by atoms with van der Waals surface area (Å²) in [5.74, 6) is -4.44. The van der Waals surface area contributed by atoms with Crippen LogP contribution >= 0.6 is 22.9 Å². The van der Waals surface area contributed by atoms with E-state index in [0.717, 1.165) is 11.0 Å². The van der Waals surface area contributed by atoms with Gasteiger partial charge in [-0.15, -0.1) is 11.3 Å². The highest BCUT2D eigenvalue weighted by Crippen LogP contribution is 2.40. The Morgan fingerprint density at radius 1 is 1.18 bits per heavy atom. The van der Waals surface area contributed by atoms with Crippen molar-refractivity contribution in [1.29, 1.82) is 0 Å². The van der Waals surface area contributed by atoms with E-state index in [1.54, 1.807) is 35.2 Å². The molecular weight excluding hydrogens is 541 g/mol. The van der Waals surface area contributed by atoms with Gasteiger partial charge in [0.25, 0.3) is 11.8 Å². The average molecular weight is 565 g/mol. The number of benzene rings is 2. The molecule has 0 spiro atoms. The predicted octanol–water partition coefficient (Wildman–Crippen LogP) is 4.91. The molecule has 7 nitrogen and oxygen atoms in total. The summed E-state index contributed by atoms with van der Waals surface area (Å²) in [6.45, 7) is 0. The van der Waals surface area contributed by atoms with Crippen LogP contribution in [0.25, 0.3) is 0 Å². The molecule has 2 amide bonds. The summed E-state index contributed by atoms with van der Waals surface area (Å²) in [4.78, 5) is 34.9. The minimum atomic E-state index is -2.87. The molecule has 1 saturated carbocycles. The highest BCUT2D eigenvalue weighted by Gasteiger charge is 2.48. The molecule has 1 aromatic heterocycles. The number of hydrogen-bond acceptors (Lipinski definition) is 6. The summed E-state index contributed by atoms with van der Waals surface area (Å²) in [5, 5.41) is 15.2. The molecular formula is C26H24ClF3N4O3S. The van der Waals surface area contributed by atoms with E-state index >= 15 is 0 Å². The number of carbonyl (C=O) groups excluding carboxylic acids is 2. The van der Waals surface area contributed by atoms with Gasteiger partial charge in [-0.1, -0.05) is 35.9 Å². The maximum atomic E-state index is 14.4. The van der Waals surface area contributed by atoms with Crippen molar-refractivity contribution >= 4 is 46.3 Å². The summed E-state index contributed by atoms with van der Waals surface area (Å²) in [7, 11) is 0. The number of aromatic nitrogens is 1. The third-order valence-corrected chi connectivity index (χ3v) is 7.71. The van der Waals surface area contributed by atoms with E-state index in [4.69, 9.17) is 11.6 Å². The largest absolute Gasteiger partial charge is 0.374 e. The highest BCUT2D eigenvalue weighted by atomic mass is 35.5. The van der Waals surface area contributed by atoms with Crippen molar-refractivity contribution in [2.45, 2.75) is 56.0 Å². The number of halogens is 4. The lowest BCUT2D eigenvalue weighted by Crippen LogP contribution is -2.56. The standard InChI is InChI=1S/C26H24ClF3N4O3S/c27-19-7-2-1-6-18(19)23(24(36)32-16-11-26(29,30)12-16)33(17-5-3-4-15(28)10-17)25(37)20-8-9-22(35)34(20)21-13-38-14-31-21/h1-7,10,13-14,16,20,22-23,35H,8-9,11-12H2,(H,32,36). The lowest BCUT2D eigenvalue weighted by atomic mass is 9.87. The molecule has 0 bridgehead atoms. The summed E-state index contributed by atoms with van der Waals surface area (Å²) in [5.41, 5.74) is 1.89. The maximum Gasteiger partial charge on any atom is 0.252 e. The number of anilines is 2. The molecule has 2 fully saturated rings. The smallest absolute Gasteiger partial charge is 0.252 e. The van der Waals surface area contributed by atoms with Gasteiger partial charge in [0.15, 0.2) is 0 Å². The van der Waals surface area contributed by atoms with Gasteiger partial charge in [0, 0.05) is 40.5 Å². The first kappa shape index (κ1) is 26.5. The van der Waals surface area contributed by atoms with Gasteiger partial charge < -0.3 is 15.3 Å². The van der Waals surface area contributed by atoms with Crippen molar-refractivity contribution in [3.8, 4) is 0 Å². The van der Waals surface area contributed by atoms with Gasteiger partial charge in [-0.05, 0) is 37.1 Å². The van der Waals surface area contributed by atoms with Crippen molar-refractivity contribution in [2.24, 2.45) is 0 Å². The van der Waals surface area contributed by atoms with Crippen molar-refractivity contribution in [2.75, 3.05) is 9.80 Å². The molecule has 38 heavy (non-hydrogen) atoms. The van der Waals surface area contributed by atoms with Crippen LogP contribution in [0.1, 0.15) is 37.3 Å². The van der Waals surface area contributed by atoms with Crippen molar-refractivity contribution in [3.63, 3.8) is 0 Å². The normalized spacial score (nSPS) is 21.6. The van der Waals surface area contributed by atoms with Crippen molar-refractivity contribution < 1.29 is 27.9 Å². The summed E-state index contributed by atoms with van der Waals surface area (Å²) < 4.78 is 41.5. The zero-order valence-electron chi connectivity index (χ0n) is 19.9. The number of nitrogens with zero attached hydrogens (tertiary/aromatic N) is 3. The first-order valence-electron chi connectivity index (χ1n) is 12.0. The molecule has 1 aliphatic heterocycles. The van der Waals surface area contributed by atoms with Gasteiger partial charge in [0.1, 0.15) is 29.9 Å². The average Bonchev–Trinajstić information content (AvgIpc) is 3.51. The van der Waals surface area contributed by atoms with E-state index in [0.29, 0.717) is 5.82 Å². The Morgan fingerprint density at radius 2 is 1.95 bits per heavy atom. The Kier molecular flexibility index (Phi) is 7.34. The molecule has 5 rings (SSSR count). The van der Waals surface area contributed by atoms with Crippen LogP contribution in [0.4, 0.5) is 24.7 Å². The molecule has 2 heterocycles. The molecule has 1 aliphatic carbocycles. The van der Waals surface area contributed by atoms with Crippen LogP contribution < -0.4 is 15.1 Å². The van der Waals surface area contributed by atoms with Gasteiger partial charge in [0.05, 0.1) is 5.51 Å². The van der Waals surface area contributed by atoms with Crippen LogP contribution in [0.3, 0.4) is 0 Å². The zero-order valence-corrected chi connectivity index (χ0v) is 21.5. The second-order valence-corrected chi connectivity index (χ2v) is 10.5. The van der Waals surface area contributed by atoms with Crippen LogP contribution in [0.15, 0.2) is 59.4 Å². The molecule has 0 radical (unpaired) electrons. The number of alkyl halides is 2. The molecule has 2 N–H and O–H groups in total. The fraction of sp³-hybridized carbons (Fsp3) is 0.346. The number of thiazole rings is 1. The minimum Gasteiger partial charge on any atom is -0.374 e. The van der Waals surface area contributed by atoms with E-state index < -0.39 is 60.7 Å². The van der Waals surface area contributed by atoms with E-state index in [9.17, 15) is 27.9 Å². The summed E-state index contributed by atoms with van der Waals surface area (Å²) in [6.07, 6.45) is -1.52. The number of hydrogen-bond donors (Lipinski definition) is 2. The van der Waals surface area contributed by atoms with Crippen LogP contribution in [-0.2, 0) is 9.59 Å². The van der Waals surface area contributed by atoms with Gasteiger partial charge in [0.2, 0.25) is 5.91 Å². The van der Waals surface area contributed by atoms with Gasteiger partial charge >= 0.3 is 0 Å². The third-order valence-electron chi connectivity index (χ3n) is 6.79. The van der Waals surface area contributed by atoms with Crippen molar-refractivity contribution in [3.05, 3.63) is 75.8 Å². The van der Waals surface area contributed by atoms with E-state index in [1.807, 2.05) is 0 Å². The van der Waals surface area contributed by atoms with E-state index in [1.165, 1.54) is 34.4 Å². The quantitative estimate of drug-likeness (QED) is 0.426. The summed E-state index contributed by atoms with van der Waals surface area (Å²) >= 11 is 7.78. The zero-order chi connectivity index (χ0) is 27.0. The van der Waals surface area contributed by atoms with Crippen LogP contribution in [0.5, 0.6) is 0 Å². The second kappa shape index (κ2) is 10.5. The summed E-state index contributed by atoms with van der Waals surface area (Å²) in [6, 6.07) is 8.48. The lowest BCUT2D eigenvalue weighted by molar-refractivity contribution is -0.133. The molecule has 200 valence electrons. The fourth-order valence-electron chi connectivity index (χ4n) is 5.01. The number of amides is 2. The first-order chi connectivity index (χ1) is 18.1. The SMILES string of the molecule is O=C(NC1CC(F)(F)C1)C(c1ccccc1Cl)N(C(=O)C1CCC(O)N1c1cscn1)c1cccc(F)c1. The second-order valence-electron chi connectivity index (χ2n) is 9.41. The predicted molar refractivity (Wildman–Crippen MR) is 138 cm³/mol. The molecule has 3 atom stereocenters. The van der Waals surface area contributed by atoms with E-state index in [2.05, 4.69) is 10.3 Å². The highest BCUT2D eigenvalue weighted by molar-refractivity contribution is 7.07. The Morgan fingerprint density at radius 3 is 2.61 bits per heavy atom. The lowest BCUT2D eigenvalue weighted by Gasteiger charge is -2.39. The molecule has 2 aliphatic rings. The number of aliphatic hydroxyl groups excluding tert-OH is 1. The number of nitrogens with one attached hydrogen (secondary N) is 1. The van der Waals surface area contributed by atoms with Gasteiger partial charge in [-0.3, -0.25) is 14.5 Å². The molecule has 12 heteroatoms. The Bertz CT molecular complexity index is 1320. The number of rotatable bonds is 7. The Balaban J connectivity index is 1.59. The number of aliphatic hydroxyl groups is 1. The monoisotopic (exact) mass is 564 g/mol. The Labute approximate surface area is 225 Å². The molecule has 3 aromatic rings. The van der Waals surface area contributed by atoms with Crippen LogP contribution in [0.2, 0.25) is 5.02 Å². The van der Waals surface area contributed by atoms with Crippen molar-refractivity contribution in [1.82, 2.24) is 10.3 Å². The van der Waals surface area contributed by atoms with Gasteiger partial charge in [-0.25, -0.2) is 18.2 Å². The topological polar surface area (TPSA) is 85.8 Å². The molecule has 2 aromatic carbocycles. The van der Waals surface area contributed by atoms with Crippen LogP contribution in [0, 0.1) is 5.82 Å². The third kappa shape index (κ3) is 5.23. The molecule has 3 unspecified atom stereocenters. The van der Waals surface area contributed by atoms with E-state index in [-0.39, 0.29) is 29.1 Å². The minimum absolute atomic E-state index is 0.0774.